The molecule has 0 aromatic carbocycles. The Morgan fingerprint density at radius 1 is 1.42 bits per heavy atom. The number of hydrogen-bond acceptors (Lipinski definition) is 3. The molecule has 2 atom stereocenters. The highest BCUT2D eigenvalue weighted by molar-refractivity contribution is 7.87. The summed E-state index contributed by atoms with van der Waals surface area (Å²) >= 11 is 0. The van der Waals surface area contributed by atoms with Gasteiger partial charge in [0.25, 0.3) is 10.2 Å². The van der Waals surface area contributed by atoms with Gasteiger partial charge in [0.2, 0.25) is 5.91 Å². The lowest BCUT2D eigenvalue weighted by Gasteiger charge is -2.40. The van der Waals surface area contributed by atoms with E-state index in [1.165, 1.54) is 4.31 Å². The van der Waals surface area contributed by atoms with Crippen LogP contribution in [-0.4, -0.2) is 44.3 Å². The Balaban J connectivity index is 1.95. The Morgan fingerprint density at radius 3 is 2.84 bits per heavy atom. The Bertz CT molecular complexity index is 436. The van der Waals surface area contributed by atoms with Crippen LogP contribution in [0.15, 0.2) is 0 Å². The fourth-order valence-electron chi connectivity index (χ4n) is 2.66. The van der Waals surface area contributed by atoms with Crippen LogP contribution in [0.2, 0.25) is 0 Å². The van der Waals surface area contributed by atoms with E-state index in [4.69, 9.17) is 0 Å². The molecule has 19 heavy (non-hydrogen) atoms. The monoisotopic (exact) mass is 289 g/mol. The maximum Gasteiger partial charge on any atom is 0.279 e. The predicted octanol–water partition coefficient (Wildman–Crippen LogP) is 0.0773. The van der Waals surface area contributed by atoms with Crippen LogP contribution >= 0.6 is 0 Å². The highest BCUT2D eigenvalue weighted by Gasteiger charge is 2.37. The molecule has 2 N–H and O–H groups in total. The molecule has 0 radical (unpaired) electrons. The number of nitrogens with one attached hydrogen (secondary N) is 2. The van der Waals surface area contributed by atoms with Gasteiger partial charge in [0, 0.05) is 32.1 Å². The molecule has 0 bridgehead atoms. The Labute approximate surface area is 115 Å². The van der Waals surface area contributed by atoms with Crippen molar-refractivity contribution in [3.63, 3.8) is 0 Å². The average molecular weight is 289 g/mol. The summed E-state index contributed by atoms with van der Waals surface area (Å²) in [6.07, 6.45) is 2.00. The summed E-state index contributed by atoms with van der Waals surface area (Å²) in [5.41, 5.74) is 0. The Morgan fingerprint density at radius 2 is 2.16 bits per heavy atom. The molecule has 0 aliphatic carbocycles. The maximum atomic E-state index is 12.2. The zero-order valence-electron chi connectivity index (χ0n) is 11.6. The van der Waals surface area contributed by atoms with Crippen molar-refractivity contribution in [1.82, 2.24) is 14.3 Å². The molecule has 2 heterocycles. The van der Waals surface area contributed by atoms with Gasteiger partial charge in [-0.15, -0.1) is 0 Å². The Kier molecular flexibility index (Phi) is 4.47. The normalized spacial score (nSPS) is 29.1. The molecule has 2 aliphatic rings. The zero-order valence-corrected chi connectivity index (χ0v) is 12.4. The summed E-state index contributed by atoms with van der Waals surface area (Å²) in [6, 6.07) is 0.151. The minimum Gasteiger partial charge on any atom is -0.353 e. The highest BCUT2D eigenvalue weighted by atomic mass is 32.2. The molecule has 1 amide bonds. The third kappa shape index (κ3) is 3.67. The second kappa shape index (κ2) is 5.76. The van der Waals surface area contributed by atoms with Crippen LogP contribution in [0.1, 0.15) is 33.1 Å². The van der Waals surface area contributed by atoms with E-state index >= 15 is 0 Å². The van der Waals surface area contributed by atoms with E-state index in [1.54, 1.807) is 0 Å². The Hall–Kier alpha value is -0.660. The number of fused-ring (bicyclic) bond motifs is 1. The number of piperidine rings is 2. The van der Waals surface area contributed by atoms with Crippen LogP contribution in [0.3, 0.4) is 0 Å². The summed E-state index contributed by atoms with van der Waals surface area (Å²) in [6.45, 7) is 5.41. The van der Waals surface area contributed by atoms with Gasteiger partial charge in [0.15, 0.2) is 0 Å². The van der Waals surface area contributed by atoms with Crippen molar-refractivity contribution < 1.29 is 13.2 Å². The fourth-order valence-corrected chi connectivity index (χ4v) is 4.12. The van der Waals surface area contributed by atoms with E-state index < -0.39 is 10.2 Å². The fraction of sp³-hybridized carbons (Fsp3) is 0.917. The zero-order chi connectivity index (χ0) is 14.0. The maximum absolute atomic E-state index is 12.2. The molecule has 110 valence electrons. The molecule has 2 aliphatic heterocycles. The minimum absolute atomic E-state index is 0.0930. The largest absolute Gasteiger partial charge is 0.353 e. The molecule has 6 nitrogen and oxygen atoms in total. The number of hydrogen-bond donors (Lipinski definition) is 2. The van der Waals surface area contributed by atoms with Gasteiger partial charge in [-0.3, -0.25) is 4.79 Å². The van der Waals surface area contributed by atoms with Crippen LogP contribution < -0.4 is 10.0 Å². The minimum atomic E-state index is -3.37. The predicted molar refractivity (Wildman–Crippen MR) is 72.6 cm³/mol. The van der Waals surface area contributed by atoms with E-state index in [-0.39, 0.29) is 17.9 Å². The molecule has 0 spiro atoms. The lowest BCUT2D eigenvalue weighted by Crippen LogP contribution is -2.56. The molecule has 0 aromatic rings. The summed E-state index contributed by atoms with van der Waals surface area (Å²) in [7, 11) is -3.37. The number of nitrogens with zero attached hydrogens (tertiary/aromatic N) is 1. The van der Waals surface area contributed by atoms with E-state index in [2.05, 4.69) is 10.0 Å². The third-order valence-electron chi connectivity index (χ3n) is 3.80. The van der Waals surface area contributed by atoms with Gasteiger partial charge in [-0.2, -0.15) is 12.7 Å². The second-order valence-corrected chi connectivity index (χ2v) is 7.62. The molecule has 2 rings (SSSR count). The van der Waals surface area contributed by atoms with Crippen LogP contribution in [0.4, 0.5) is 0 Å². The smallest absolute Gasteiger partial charge is 0.279 e. The topological polar surface area (TPSA) is 78.5 Å². The first-order chi connectivity index (χ1) is 8.88. The molecule has 2 fully saturated rings. The number of rotatable bonds is 4. The van der Waals surface area contributed by atoms with Crippen LogP contribution in [0.25, 0.3) is 0 Å². The van der Waals surface area contributed by atoms with E-state index in [0.717, 1.165) is 6.42 Å². The summed E-state index contributed by atoms with van der Waals surface area (Å²) in [5, 5.41) is 2.96. The first-order valence-electron chi connectivity index (χ1n) is 6.92. The quantitative estimate of drug-likeness (QED) is 0.769. The van der Waals surface area contributed by atoms with Crippen LogP contribution in [0.5, 0.6) is 0 Å². The second-order valence-electron chi connectivity index (χ2n) is 5.87. The lowest BCUT2D eigenvalue weighted by molar-refractivity contribution is -0.124. The van der Waals surface area contributed by atoms with E-state index in [1.807, 2.05) is 13.8 Å². The molecule has 0 aromatic heterocycles. The first-order valence-corrected chi connectivity index (χ1v) is 8.36. The summed E-state index contributed by atoms with van der Waals surface area (Å²) in [5.74, 6) is 0.638. The number of carbonyl (C=O) groups excluding carboxylic acids is 1. The van der Waals surface area contributed by atoms with Crippen molar-refractivity contribution in [3.05, 3.63) is 0 Å². The summed E-state index contributed by atoms with van der Waals surface area (Å²) < 4.78 is 28.5. The van der Waals surface area contributed by atoms with Crippen molar-refractivity contribution in [2.45, 2.75) is 39.2 Å². The van der Waals surface area contributed by atoms with Crippen LogP contribution in [-0.2, 0) is 15.0 Å². The third-order valence-corrected chi connectivity index (χ3v) is 5.34. The van der Waals surface area contributed by atoms with Crippen molar-refractivity contribution in [2.75, 3.05) is 19.6 Å². The van der Waals surface area contributed by atoms with Crippen LogP contribution in [0, 0.1) is 11.8 Å². The molecule has 7 heteroatoms. The molecule has 2 saturated heterocycles. The van der Waals surface area contributed by atoms with Crippen molar-refractivity contribution in [3.8, 4) is 0 Å². The van der Waals surface area contributed by atoms with Gasteiger partial charge in [-0.05, 0) is 24.7 Å². The standard InChI is InChI=1S/C12H23N3O3S/c1-9(2)7-13-19(17,18)15-6-5-11-10(8-15)3-4-12(16)14-11/h9-11,13H,3-8H2,1-2H3,(H,14,16). The van der Waals surface area contributed by atoms with E-state index in [0.29, 0.717) is 38.4 Å². The van der Waals surface area contributed by atoms with Gasteiger partial charge in [0.1, 0.15) is 0 Å². The van der Waals surface area contributed by atoms with Crippen molar-refractivity contribution in [1.29, 1.82) is 0 Å². The first kappa shape index (κ1) is 14.7. The molecule has 2 unspecified atom stereocenters. The van der Waals surface area contributed by atoms with Gasteiger partial charge >= 0.3 is 0 Å². The molecular weight excluding hydrogens is 266 g/mol. The molecule has 0 saturated carbocycles. The lowest BCUT2D eigenvalue weighted by atomic mass is 9.86. The summed E-state index contributed by atoms with van der Waals surface area (Å²) in [4.78, 5) is 11.3. The number of amides is 1. The highest BCUT2D eigenvalue weighted by Crippen LogP contribution is 2.26. The van der Waals surface area contributed by atoms with Gasteiger partial charge in [-0.1, -0.05) is 13.8 Å². The number of carbonyl (C=O) groups is 1. The van der Waals surface area contributed by atoms with Gasteiger partial charge in [-0.25, -0.2) is 4.72 Å². The van der Waals surface area contributed by atoms with Crippen molar-refractivity contribution >= 4 is 16.1 Å². The van der Waals surface area contributed by atoms with E-state index in [9.17, 15) is 13.2 Å². The van der Waals surface area contributed by atoms with Gasteiger partial charge < -0.3 is 5.32 Å². The molecular formula is C12H23N3O3S. The van der Waals surface area contributed by atoms with Crippen molar-refractivity contribution in [2.24, 2.45) is 11.8 Å². The SMILES string of the molecule is CC(C)CNS(=O)(=O)N1CCC2NC(=O)CCC2C1. The average Bonchev–Trinajstić information content (AvgIpc) is 2.36. The van der Waals surface area contributed by atoms with Gasteiger partial charge in [0.05, 0.1) is 0 Å².